The molecule has 0 amide bonds. The third kappa shape index (κ3) is 3.44. The van der Waals surface area contributed by atoms with Gasteiger partial charge in [0.05, 0.1) is 6.61 Å². The zero-order chi connectivity index (χ0) is 14.5. The predicted octanol–water partition coefficient (Wildman–Crippen LogP) is 4.27. The quantitative estimate of drug-likeness (QED) is 0.798. The van der Waals surface area contributed by atoms with Crippen LogP contribution in [-0.4, -0.2) is 11.7 Å². The Morgan fingerprint density at radius 3 is 2.45 bits per heavy atom. The van der Waals surface area contributed by atoms with Crippen molar-refractivity contribution in [2.24, 2.45) is 0 Å². The summed E-state index contributed by atoms with van der Waals surface area (Å²) in [6, 6.07) is 13.6. The Kier molecular flexibility index (Phi) is 4.51. The van der Waals surface area contributed by atoms with Gasteiger partial charge in [0.25, 0.3) is 0 Å². The summed E-state index contributed by atoms with van der Waals surface area (Å²) < 4.78 is 5.44. The lowest BCUT2D eigenvalue weighted by Crippen LogP contribution is -2.07. The molecule has 0 aromatic heterocycles. The van der Waals surface area contributed by atoms with Crippen molar-refractivity contribution in [3.8, 4) is 11.5 Å². The molecule has 2 rings (SSSR count). The first kappa shape index (κ1) is 14.3. The van der Waals surface area contributed by atoms with E-state index >= 15 is 0 Å². The molecule has 2 aromatic rings. The number of benzene rings is 2. The van der Waals surface area contributed by atoms with Crippen molar-refractivity contribution in [2.45, 2.75) is 26.8 Å². The Hall–Kier alpha value is -2.16. The minimum atomic E-state index is 0.189. The van der Waals surface area contributed by atoms with Crippen LogP contribution >= 0.6 is 0 Å². The lowest BCUT2D eigenvalue weighted by Gasteiger charge is -2.18. The summed E-state index contributed by atoms with van der Waals surface area (Å²) >= 11 is 0. The van der Waals surface area contributed by atoms with Crippen LogP contribution in [0, 0.1) is 6.92 Å². The minimum Gasteiger partial charge on any atom is -0.508 e. The van der Waals surface area contributed by atoms with E-state index in [0.29, 0.717) is 12.4 Å². The topological polar surface area (TPSA) is 41.5 Å². The van der Waals surface area contributed by atoms with Crippen LogP contribution in [0.1, 0.15) is 31.0 Å². The zero-order valence-electron chi connectivity index (χ0n) is 12.2. The molecule has 0 aliphatic heterocycles. The lowest BCUT2D eigenvalue weighted by atomic mass is 10.1. The van der Waals surface area contributed by atoms with E-state index in [9.17, 15) is 5.11 Å². The standard InChI is InChI=1S/C17H21NO2/c1-4-20-16-8-5-14(6-9-16)13(3)18-17-10-7-15(19)11-12(17)2/h5-11,13,18-19H,4H2,1-3H3. The van der Waals surface area contributed by atoms with Crippen molar-refractivity contribution in [1.29, 1.82) is 0 Å². The number of aromatic hydroxyl groups is 1. The van der Waals surface area contributed by atoms with E-state index < -0.39 is 0 Å². The molecule has 3 nitrogen and oxygen atoms in total. The minimum absolute atomic E-state index is 0.189. The second kappa shape index (κ2) is 6.33. The highest BCUT2D eigenvalue weighted by Crippen LogP contribution is 2.25. The first-order valence-electron chi connectivity index (χ1n) is 6.89. The summed E-state index contributed by atoms with van der Waals surface area (Å²) in [5.74, 6) is 1.19. The van der Waals surface area contributed by atoms with E-state index in [1.165, 1.54) is 5.56 Å². The summed E-state index contributed by atoms with van der Waals surface area (Å²) in [6.07, 6.45) is 0. The van der Waals surface area contributed by atoms with Gasteiger partial charge in [0.1, 0.15) is 11.5 Å². The van der Waals surface area contributed by atoms with Gasteiger partial charge in [-0.25, -0.2) is 0 Å². The molecule has 0 aliphatic carbocycles. The van der Waals surface area contributed by atoms with E-state index in [-0.39, 0.29) is 6.04 Å². The first-order chi connectivity index (χ1) is 9.60. The largest absolute Gasteiger partial charge is 0.508 e. The normalized spacial score (nSPS) is 11.9. The van der Waals surface area contributed by atoms with Gasteiger partial charge in [-0.15, -0.1) is 0 Å². The van der Waals surface area contributed by atoms with Gasteiger partial charge >= 0.3 is 0 Å². The first-order valence-corrected chi connectivity index (χ1v) is 6.89. The molecule has 0 saturated heterocycles. The summed E-state index contributed by atoms with van der Waals surface area (Å²) in [5, 5.41) is 12.9. The molecule has 0 spiro atoms. The lowest BCUT2D eigenvalue weighted by molar-refractivity contribution is 0.340. The number of ether oxygens (including phenoxy) is 1. The van der Waals surface area contributed by atoms with E-state index in [2.05, 4.69) is 24.4 Å². The van der Waals surface area contributed by atoms with E-state index in [4.69, 9.17) is 4.74 Å². The van der Waals surface area contributed by atoms with Crippen molar-refractivity contribution in [3.63, 3.8) is 0 Å². The highest BCUT2D eigenvalue weighted by atomic mass is 16.5. The van der Waals surface area contributed by atoms with Gasteiger partial charge < -0.3 is 15.2 Å². The molecule has 20 heavy (non-hydrogen) atoms. The number of anilines is 1. The van der Waals surface area contributed by atoms with Crippen LogP contribution < -0.4 is 10.1 Å². The Balaban J connectivity index is 2.09. The van der Waals surface area contributed by atoms with E-state index in [1.54, 1.807) is 12.1 Å². The van der Waals surface area contributed by atoms with Crippen molar-refractivity contribution in [3.05, 3.63) is 53.6 Å². The van der Waals surface area contributed by atoms with Crippen LogP contribution in [0.15, 0.2) is 42.5 Å². The molecule has 3 heteroatoms. The molecule has 2 aromatic carbocycles. The molecule has 1 unspecified atom stereocenters. The number of hydrogen-bond acceptors (Lipinski definition) is 3. The third-order valence-electron chi connectivity index (χ3n) is 3.27. The van der Waals surface area contributed by atoms with Crippen LogP contribution in [-0.2, 0) is 0 Å². The molecule has 0 heterocycles. The van der Waals surface area contributed by atoms with Crippen LogP contribution in [0.4, 0.5) is 5.69 Å². The Bertz CT molecular complexity index is 564. The van der Waals surface area contributed by atoms with E-state index in [1.807, 2.05) is 32.0 Å². The summed E-state index contributed by atoms with van der Waals surface area (Å²) in [7, 11) is 0. The van der Waals surface area contributed by atoms with Crippen molar-refractivity contribution in [2.75, 3.05) is 11.9 Å². The smallest absolute Gasteiger partial charge is 0.119 e. The third-order valence-corrected chi connectivity index (χ3v) is 3.27. The van der Waals surface area contributed by atoms with Gasteiger partial charge in [-0.3, -0.25) is 0 Å². The number of rotatable bonds is 5. The highest BCUT2D eigenvalue weighted by Gasteiger charge is 2.07. The second-order valence-corrected chi connectivity index (χ2v) is 4.87. The molecule has 106 valence electrons. The molecular formula is C17H21NO2. The van der Waals surface area contributed by atoms with Gasteiger partial charge in [0.2, 0.25) is 0 Å². The second-order valence-electron chi connectivity index (χ2n) is 4.87. The van der Waals surface area contributed by atoms with Gasteiger partial charge in [0, 0.05) is 11.7 Å². The maximum absolute atomic E-state index is 9.43. The summed E-state index contributed by atoms with van der Waals surface area (Å²) in [4.78, 5) is 0. The van der Waals surface area contributed by atoms with Gasteiger partial charge in [-0.05, 0) is 62.2 Å². The number of phenolic OH excluding ortho intramolecular Hbond substituents is 1. The van der Waals surface area contributed by atoms with E-state index in [0.717, 1.165) is 17.0 Å². The van der Waals surface area contributed by atoms with Gasteiger partial charge in [-0.2, -0.15) is 0 Å². The van der Waals surface area contributed by atoms with Crippen LogP contribution in [0.25, 0.3) is 0 Å². The van der Waals surface area contributed by atoms with Crippen LogP contribution in [0.5, 0.6) is 11.5 Å². The number of hydrogen-bond donors (Lipinski definition) is 2. The highest BCUT2D eigenvalue weighted by molar-refractivity contribution is 5.54. The average molecular weight is 271 g/mol. The van der Waals surface area contributed by atoms with Crippen molar-refractivity contribution in [1.82, 2.24) is 0 Å². The molecule has 0 saturated carbocycles. The molecule has 0 bridgehead atoms. The Morgan fingerprint density at radius 2 is 1.85 bits per heavy atom. The molecule has 0 fully saturated rings. The molecule has 0 aliphatic rings. The fraction of sp³-hybridized carbons (Fsp3) is 0.294. The number of nitrogens with one attached hydrogen (secondary N) is 1. The number of phenols is 1. The fourth-order valence-electron chi connectivity index (χ4n) is 2.15. The van der Waals surface area contributed by atoms with Crippen molar-refractivity contribution >= 4 is 5.69 Å². The molecular weight excluding hydrogens is 250 g/mol. The average Bonchev–Trinajstić information content (AvgIpc) is 2.43. The summed E-state index contributed by atoms with van der Waals surface area (Å²) in [6.45, 7) is 6.75. The maximum atomic E-state index is 9.43. The molecule has 1 atom stereocenters. The fourth-order valence-corrected chi connectivity index (χ4v) is 2.15. The molecule has 0 radical (unpaired) electrons. The monoisotopic (exact) mass is 271 g/mol. The zero-order valence-corrected chi connectivity index (χ0v) is 12.2. The predicted molar refractivity (Wildman–Crippen MR) is 82.5 cm³/mol. The Labute approximate surface area is 120 Å². The SMILES string of the molecule is CCOc1ccc(C(C)Nc2ccc(O)cc2C)cc1. The van der Waals surface area contributed by atoms with Crippen molar-refractivity contribution < 1.29 is 9.84 Å². The summed E-state index contributed by atoms with van der Waals surface area (Å²) in [5.41, 5.74) is 3.26. The van der Waals surface area contributed by atoms with Crippen LogP contribution in [0.2, 0.25) is 0 Å². The van der Waals surface area contributed by atoms with Gasteiger partial charge in [-0.1, -0.05) is 12.1 Å². The van der Waals surface area contributed by atoms with Crippen LogP contribution in [0.3, 0.4) is 0 Å². The molecule has 2 N–H and O–H groups in total. The number of aryl methyl sites for hydroxylation is 1. The maximum Gasteiger partial charge on any atom is 0.119 e. The van der Waals surface area contributed by atoms with Gasteiger partial charge in [0.15, 0.2) is 0 Å². The Morgan fingerprint density at radius 1 is 1.15 bits per heavy atom.